The van der Waals surface area contributed by atoms with Crippen LogP contribution in [0.15, 0.2) is 12.1 Å². The van der Waals surface area contributed by atoms with Gasteiger partial charge in [-0.1, -0.05) is 0 Å². The number of nitrogens with one attached hydrogen (secondary N) is 1. The van der Waals surface area contributed by atoms with Crippen LogP contribution in [0.2, 0.25) is 0 Å². The number of nitrogens with two attached hydrogens (primary N) is 1. The first kappa shape index (κ1) is 12.8. The summed E-state index contributed by atoms with van der Waals surface area (Å²) in [6.07, 6.45) is 1.63. The Morgan fingerprint density at radius 1 is 1.39 bits per heavy atom. The van der Waals surface area contributed by atoms with E-state index >= 15 is 0 Å². The molecule has 0 aliphatic carbocycles. The van der Waals surface area contributed by atoms with Crippen molar-refractivity contribution in [2.24, 2.45) is 0 Å². The lowest BCUT2D eigenvalue weighted by molar-refractivity contribution is 0.0622. The van der Waals surface area contributed by atoms with E-state index in [2.05, 4.69) is 5.32 Å². The second-order valence-corrected chi connectivity index (χ2v) is 4.24. The van der Waals surface area contributed by atoms with Crippen molar-refractivity contribution in [2.45, 2.75) is 18.9 Å². The topological polar surface area (TPSA) is 64.4 Å². The predicted octanol–water partition coefficient (Wildman–Crippen LogP) is 1.46. The molecule has 0 aromatic heterocycles. The lowest BCUT2D eigenvalue weighted by Crippen LogP contribution is -2.40. The zero-order chi connectivity index (χ0) is 13.1. The summed E-state index contributed by atoms with van der Waals surface area (Å²) in [5.41, 5.74) is 4.81. The molecule has 0 radical (unpaired) electrons. The summed E-state index contributed by atoms with van der Waals surface area (Å²) in [4.78, 5) is 11.8. The SMILES string of the molecule is Nc1cc(C(=O)NC2CCCOC2)c(F)cc1F. The molecule has 1 atom stereocenters. The highest BCUT2D eigenvalue weighted by atomic mass is 19.1. The molecule has 1 aromatic rings. The molecule has 2 rings (SSSR count). The van der Waals surface area contributed by atoms with Crippen LogP contribution >= 0.6 is 0 Å². The first-order valence-corrected chi connectivity index (χ1v) is 5.71. The molecule has 1 aromatic carbocycles. The Kier molecular flexibility index (Phi) is 3.76. The number of halogens is 2. The van der Waals surface area contributed by atoms with E-state index in [0.29, 0.717) is 19.3 Å². The molecule has 18 heavy (non-hydrogen) atoms. The Morgan fingerprint density at radius 2 is 2.17 bits per heavy atom. The van der Waals surface area contributed by atoms with Crippen molar-refractivity contribution in [3.63, 3.8) is 0 Å². The number of benzene rings is 1. The molecule has 1 unspecified atom stereocenters. The summed E-state index contributed by atoms with van der Waals surface area (Å²) < 4.78 is 31.6. The van der Waals surface area contributed by atoms with Crippen LogP contribution in [0.4, 0.5) is 14.5 Å². The average molecular weight is 256 g/mol. The van der Waals surface area contributed by atoms with Crippen molar-refractivity contribution in [3.8, 4) is 0 Å². The number of carbonyl (C=O) groups is 1. The summed E-state index contributed by atoms with van der Waals surface area (Å²) in [7, 11) is 0. The first-order valence-electron chi connectivity index (χ1n) is 5.71. The van der Waals surface area contributed by atoms with Crippen LogP contribution in [0.5, 0.6) is 0 Å². The zero-order valence-electron chi connectivity index (χ0n) is 9.71. The number of rotatable bonds is 2. The molecule has 1 aliphatic rings. The minimum absolute atomic E-state index is 0.142. The molecule has 3 N–H and O–H groups in total. The third kappa shape index (κ3) is 2.76. The first-order chi connectivity index (χ1) is 8.58. The number of carbonyl (C=O) groups excluding carboxylic acids is 1. The van der Waals surface area contributed by atoms with Gasteiger partial charge in [-0.2, -0.15) is 0 Å². The predicted molar refractivity (Wildman–Crippen MR) is 62.1 cm³/mol. The summed E-state index contributed by atoms with van der Waals surface area (Å²) in [5, 5.41) is 2.64. The second kappa shape index (κ2) is 5.30. The Balaban J connectivity index is 2.10. The number of anilines is 1. The van der Waals surface area contributed by atoms with Gasteiger partial charge in [0.1, 0.15) is 11.6 Å². The number of nitrogen functional groups attached to an aromatic ring is 1. The van der Waals surface area contributed by atoms with E-state index in [9.17, 15) is 13.6 Å². The molecule has 4 nitrogen and oxygen atoms in total. The highest BCUT2D eigenvalue weighted by molar-refractivity contribution is 5.95. The van der Waals surface area contributed by atoms with E-state index in [1.807, 2.05) is 0 Å². The Hall–Kier alpha value is -1.69. The molecule has 0 spiro atoms. The van der Waals surface area contributed by atoms with Crippen LogP contribution in [0, 0.1) is 11.6 Å². The van der Waals surface area contributed by atoms with Gasteiger partial charge in [0.25, 0.3) is 5.91 Å². The lowest BCUT2D eigenvalue weighted by atomic mass is 10.1. The summed E-state index contributed by atoms with van der Waals surface area (Å²) >= 11 is 0. The van der Waals surface area contributed by atoms with E-state index < -0.39 is 17.5 Å². The Morgan fingerprint density at radius 3 is 2.83 bits per heavy atom. The fourth-order valence-corrected chi connectivity index (χ4v) is 1.86. The van der Waals surface area contributed by atoms with Crippen molar-refractivity contribution in [3.05, 3.63) is 29.3 Å². The standard InChI is InChI=1S/C12H14F2N2O2/c13-9-5-10(14)11(15)4-8(9)12(17)16-7-2-1-3-18-6-7/h4-5,7H,1-3,6,15H2,(H,16,17). The number of hydrogen-bond acceptors (Lipinski definition) is 3. The maximum atomic E-state index is 13.4. The highest BCUT2D eigenvalue weighted by Crippen LogP contribution is 2.17. The van der Waals surface area contributed by atoms with Gasteiger partial charge in [0, 0.05) is 12.7 Å². The molecule has 1 amide bonds. The number of hydrogen-bond donors (Lipinski definition) is 2. The molecule has 98 valence electrons. The van der Waals surface area contributed by atoms with E-state index in [0.717, 1.165) is 18.9 Å². The third-order valence-corrected chi connectivity index (χ3v) is 2.83. The van der Waals surface area contributed by atoms with E-state index in [-0.39, 0.29) is 17.3 Å². The molecule has 1 saturated heterocycles. The van der Waals surface area contributed by atoms with Crippen LogP contribution in [-0.4, -0.2) is 25.2 Å². The van der Waals surface area contributed by atoms with Crippen molar-refractivity contribution in [1.82, 2.24) is 5.32 Å². The van der Waals surface area contributed by atoms with Gasteiger partial charge >= 0.3 is 0 Å². The maximum absolute atomic E-state index is 13.4. The van der Waals surface area contributed by atoms with Gasteiger partial charge in [-0.25, -0.2) is 8.78 Å². The molecule has 6 heteroatoms. The van der Waals surface area contributed by atoms with Crippen molar-refractivity contribution in [2.75, 3.05) is 18.9 Å². The van der Waals surface area contributed by atoms with Crippen LogP contribution in [0.25, 0.3) is 0 Å². The van der Waals surface area contributed by atoms with Gasteiger partial charge in [0.15, 0.2) is 0 Å². The second-order valence-electron chi connectivity index (χ2n) is 4.24. The van der Waals surface area contributed by atoms with Crippen molar-refractivity contribution >= 4 is 11.6 Å². The van der Waals surface area contributed by atoms with Crippen molar-refractivity contribution < 1.29 is 18.3 Å². The van der Waals surface area contributed by atoms with Crippen LogP contribution in [-0.2, 0) is 4.74 Å². The Bertz CT molecular complexity index is 460. The molecule has 1 heterocycles. The minimum Gasteiger partial charge on any atom is -0.396 e. The molecule has 1 aliphatic heterocycles. The monoisotopic (exact) mass is 256 g/mol. The van der Waals surface area contributed by atoms with Crippen molar-refractivity contribution in [1.29, 1.82) is 0 Å². The van der Waals surface area contributed by atoms with Gasteiger partial charge < -0.3 is 15.8 Å². The quantitative estimate of drug-likeness (QED) is 0.787. The summed E-state index contributed by atoms with van der Waals surface area (Å²) in [6, 6.07) is 1.47. The van der Waals surface area contributed by atoms with E-state index in [1.165, 1.54) is 0 Å². The van der Waals surface area contributed by atoms with Crippen LogP contribution < -0.4 is 11.1 Å². The number of amides is 1. The minimum atomic E-state index is -0.920. The van der Waals surface area contributed by atoms with Gasteiger partial charge in [0.05, 0.1) is 23.9 Å². The Labute approximate surface area is 103 Å². The molecule has 0 bridgehead atoms. The normalized spacial score (nSPS) is 19.6. The highest BCUT2D eigenvalue weighted by Gasteiger charge is 2.20. The number of ether oxygens (including phenoxy) is 1. The molecular weight excluding hydrogens is 242 g/mol. The lowest BCUT2D eigenvalue weighted by Gasteiger charge is -2.23. The largest absolute Gasteiger partial charge is 0.396 e. The molecule has 1 fully saturated rings. The smallest absolute Gasteiger partial charge is 0.254 e. The molecule has 0 saturated carbocycles. The zero-order valence-corrected chi connectivity index (χ0v) is 9.71. The van der Waals surface area contributed by atoms with Gasteiger partial charge in [0.2, 0.25) is 0 Å². The fourth-order valence-electron chi connectivity index (χ4n) is 1.86. The van der Waals surface area contributed by atoms with Crippen LogP contribution in [0.1, 0.15) is 23.2 Å². The fraction of sp³-hybridized carbons (Fsp3) is 0.417. The van der Waals surface area contributed by atoms with E-state index in [1.54, 1.807) is 0 Å². The van der Waals surface area contributed by atoms with Gasteiger partial charge in [-0.15, -0.1) is 0 Å². The maximum Gasteiger partial charge on any atom is 0.254 e. The summed E-state index contributed by atoms with van der Waals surface area (Å²) in [5.74, 6) is -2.39. The van der Waals surface area contributed by atoms with E-state index in [4.69, 9.17) is 10.5 Å². The summed E-state index contributed by atoms with van der Waals surface area (Å²) in [6.45, 7) is 1.08. The molecular formula is C12H14F2N2O2. The third-order valence-electron chi connectivity index (χ3n) is 2.83. The average Bonchev–Trinajstić information content (AvgIpc) is 2.35. The van der Waals surface area contributed by atoms with Crippen LogP contribution in [0.3, 0.4) is 0 Å². The van der Waals surface area contributed by atoms with Gasteiger partial charge in [-0.3, -0.25) is 4.79 Å². The van der Waals surface area contributed by atoms with Gasteiger partial charge in [-0.05, 0) is 18.9 Å².